The maximum atomic E-state index is 13.1. The van der Waals surface area contributed by atoms with Crippen LogP contribution < -0.4 is 11.1 Å². The molecule has 1 unspecified atom stereocenters. The zero-order chi connectivity index (χ0) is 13.3. The second-order valence-electron chi connectivity index (χ2n) is 4.40. The Kier molecular flexibility index (Phi) is 3.97. The van der Waals surface area contributed by atoms with Crippen molar-refractivity contribution in [2.24, 2.45) is 11.7 Å². The molecule has 0 spiro atoms. The number of halogens is 3. The molecule has 0 heterocycles. The summed E-state index contributed by atoms with van der Waals surface area (Å²) in [5.74, 6) is -2.07. The number of benzene rings is 1. The van der Waals surface area contributed by atoms with E-state index in [-0.39, 0.29) is 16.1 Å². The van der Waals surface area contributed by atoms with Crippen LogP contribution in [0.15, 0.2) is 16.6 Å². The molecule has 3 N–H and O–H groups in total. The lowest BCUT2D eigenvalue weighted by Crippen LogP contribution is -2.41. The van der Waals surface area contributed by atoms with Crippen molar-refractivity contribution in [2.45, 2.75) is 18.9 Å². The Morgan fingerprint density at radius 3 is 2.61 bits per heavy atom. The standard InChI is InChI=1S/C12H13BrF2N2O/c13-8-4-10(15)9(14)3-7(8)12(18)17-11(5-16)6-1-2-6/h3-4,6,11H,1-2,5,16H2,(H,17,18). The Morgan fingerprint density at radius 1 is 1.44 bits per heavy atom. The van der Waals surface area contributed by atoms with Gasteiger partial charge in [-0.15, -0.1) is 0 Å². The van der Waals surface area contributed by atoms with Gasteiger partial charge in [0, 0.05) is 17.1 Å². The molecule has 1 aliphatic carbocycles. The average Bonchev–Trinajstić information content (AvgIpc) is 3.14. The van der Waals surface area contributed by atoms with Gasteiger partial charge in [0.05, 0.1) is 5.56 Å². The Balaban J connectivity index is 2.15. The third-order valence-corrected chi connectivity index (χ3v) is 3.67. The average molecular weight is 319 g/mol. The second-order valence-corrected chi connectivity index (χ2v) is 5.25. The van der Waals surface area contributed by atoms with Gasteiger partial charge < -0.3 is 11.1 Å². The van der Waals surface area contributed by atoms with Gasteiger partial charge in [-0.2, -0.15) is 0 Å². The van der Waals surface area contributed by atoms with Crippen LogP contribution in [0.4, 0.5) is 8.78 Å². The van der Waals surface area contributed by atoms with Crippen molar-refractivity contribution in [3.8, 4) is 0 Å². The molecule has 1 amide bonds. The minimum atomic E-state index is -1.04. The predicted molar refractivity (Wildman–Crippen MR) is 67.1 cm³/mol. The zero-order valence-corrected chi connectivity index (χ0v) is 11.1. The van der Waals surface area contributed by atoms with Crippen LogP contribution in [0.5, 0.6) is 0 Å². The van der Waals surface area contributed by atoms with Crippen LogP contribution in [0.3, 0.4) is 0 Å². The van der Waals surface area contributed by atoms with Gasteiger partial charge in [0.2, 0.25) is 0 Å². The molecule has 0 bridgehead atoms. The topological polar surface area (TPSA) is 55.1 Å². The van der Waals surface area contributed by atoms with Crippen LogP contribution in [0.25, 0.3) is 0 Å². The molecule has 1 saturated carbocycles. The first-order valence-corrected chi connectivity index (χ1v) is 6.47. The largest absolute Gasteiger partial charge is 0.348 e. The van der Waals surface area contributed by atoms with E-state index >= 15 is 0 Å². The third-order valence-electron chi connectivity index (χ3n) is 3.02. The quantitative estimate of drug-likeness (QED) is 0.836. The molecule has 0 saturated heterocycles. The van der Waals surface area contributed by atoms with Gasteiger partial charge in [0.15, 0.2) is 11.6 Å². The molecule has 6 heteroatoms. The Labute approximate surface area is 112 Å². The second kappa shape index (κ2) is 5.32. The van der Waals surface area contributed by atoms with Crippen LogP contribution in [-0.4, -0.2) is 18.5 Å². The number of carbonyl (C=O) groups is 1. The van der Waals surface area contributed by atoms with Gasteiger partial charge in [-0.05, 0) is 46.8 Å². The predicted octanol–water partition coefficient (Wildman–Crippen LogP) is 2.19. The first-order chi connectivity index (χ1) is 8.52. The SMILES string of the molecule is NCC(NC(=O)c1cc(F)c(F)cc1Br)C1CC1. The maximum absolute atomic E-state index is 13.1. The minimum Gasteiger partial charge on any atom is -0.348 e. The fourth-order valence-electron chi connectivity index (χ4n) is 1.81. The van der Waals surface area contributed by atoms with Gasteiger partial charge in [-0.25, -0.2) is 8.78 Å². The van der Waals surface area contributed by atoms with Crippen molar-refractivity contribution in [3.63, 3.8) is 0 Å². The van der Waals surface area contributed by atoms with Crippen LogP contribution >= 0.6 is 15.9 Å². The summed E-state index contributed by atoms with van der Waals surface area (Å²) >= 11 is 3.05. The summed E-state index contributed by atoms with van der Waals surface area (Å²) in [7, 11) is 0. The summed E-state index contributed by atoms with van der Waals surface area (Å²) in [4.78, 5) is 11.9. The molecule has 1 aromatic carbocycles. The lowest BCUT2D eigenvalue weighted by Gasteiger charge is -2.16. The summed E-state index contributed by atoms with van der Waals surface area (Å²) in [5, 5.41) is 2.75. The Bertz CT molecular complexity index is 477. The minimum absolute atomic E-state index is 0.0769. The molecule has 1 atom stereocenters. The molecule has 98 valence electrons. The molecule has 18 heavy (non-hydrogen) atoms. The molecule has 2 rings (SSSR count). The monoisotopic (exact) mass is 318 g/mol. The fraction of sp³-hybridized carbons (Fsp3) is 0.417. The lowest BCUT2D eigenvalue weighted by atomic mass is 10.1. The molecule has 1 aromatic rings. The van der Waals surface area contributed by atoms with E-state index in [2.05, 4.69) is 21.2 Å². The summed E-state index contributed by atoms with van der Waals surface area (Å²) in [6.45, 7) is 0.345. The molecule has 1 aliphatic rings. The fourth-order valence-corrected chi connectivity index (χ4v) is 2.31. The molecule has 1 fully saturated rings. The van der Waals surface area contributed by atoms with Crippen LogP contribution in [0, 0.1) is 17.6 Å². The molecular formula is C12H13BrF2N2O. The number of carbonyl (C=O) groups excluding carboxylic acids is 1. The smallest absolute Gasteiger partial charge is 0.252 e. The normalized spacial score (nSPS) is 16.4. The summed E-state index contributed by atoms with van der Waals surface area (Å²) in [6, 6.07) is 1.73. The Hall–Kier alpha value is -1.01. The molecule has 0 aliphatic heterocycles. The van der Waals surface area contributed by atoms with Crippen molar-refractivity contribution < 1.29 is 13.6 Å². The maximum Gasteiger partial charge on any atom is 0.252 e. The van der Waals surface area contributed by atoms with Crippen molar-refractivity contribution in [1.82, 2.24) is 5.32 Å². The van der Waals surface area contributed by atoms with Crippen LogP contribution in [0.2, 0.25) is 0 Å². The highest BCUT2D eigenvalue weighted by Crippen LogP contribution is 2.32. The van der Waals surface area contributed by atoms with E-state index in [9.17, 15) is 13.6 Å². The summed E-state index contributed by atoms with van der Waals surface area (Å²) in [6.07, 6.45) is 2.09. The van der Waals surface area contributed by atoms with Gasteiger partial charge in [-0.1, -0.05) is 0 Å². The highest BCUT2D eigenvalue weighted by molar-refractivity contribution is 9.10. The van der Waals surface area contributed by atoms with Gasteiger partial charge in [0.1, 0.15) is 0 Å². The number of hydrogen-bond donors (Lipinski definition) is 2. The highest BCUT2D eigenvalue weighted by Gasteiger charge is 2.31. The molecular weight excluding hydrogens is 306 g/mol. The van der Waals surface area contributed by atoms with E-state index in [1.807, 2.05) is 0 Å². The van der Waals surface area contributed by atoms with E-state index in [4.69, 9.17) is 5.73 Å². The number of hydrogen-bond acceptors (Lipinski definition) is 2. The van der Waals surface area contributed by atoms with Crippen LogP contribution in [0.1, 0.15) is 23.2 Å². The van der Waals surface area contributed by atoms with Crippen molar-refractivity contribution in [2.75, 3.05) is 6.54 Å². The van der Waals surface area contributed by atoms with E-state index in [0.717, 1.165) is 25.0 Å². The summed E-state index contributed by atoms with van der Waals surface area (Å²) < 4.78 is 26.3. The number of amides is 1. The van der Waals surface area contributed by atoms with Crippen LogP contribution in [-0.2, 0) is 0 Å². The first-order valence-electron chi connectivity index (χ1n) is 5.68. The van der Waals surface area contributed by atoms with Gasteiger partial charge >= 0.3 is 0 Å². The highest BCUT2D eigenvalue weighted by atomic mass is 79.9. The van der Waals surface area contributed by atoms with E-state index in [1.54, 1.807) is 0 Å². The number of nitrogens with one attached hydrogen (secondary N) is 1. The van der Waals surface area contributed by atoms with Crippen molar-refractivity contribution >= 4 is 21.8 Å². The first kappa shape index (κ1) is 13.4. The number of nitrogens with two attached hydrogens (primary N) is 1. The van der Waals surface area contributed by atoms with E-state index in [1.165, 1.54) is 0 Å². The lowest BCUT2D eigenvalue weighted by molar-refractivity contribution is 0.0932. The van der Waals surface area contributed by atoms with Gasteiger partial charge in [0.25, 0.3) is 5.91 Å². The summed E-state index contributed by atoms with van der Waals surface area (Å²) in [5.41, 5.74) is 5.65. The molecule has 0 aromatic heterocycles. The number of rotatable bonds is 4. The molecule has 3 nitrogen and oxygen atoms in total. The van der Waals surface area contributed by atoms with E-state index in [0.29, 0.717) is 12.5 Å². The third kappa shape index (κ3) is 2.87. The van der Waals surface area contributed by atoms with Crippen molar-refractivity contribution in [3.05, 3.63) is 33.8 Å². The van der Waals surface area contributed by atoms with Crippen molar-refractivity contribution in [1.29, 1.82) is 0 Å². The molecule has 0 radical (unpaired) electrons. The zero-order valence-electron chi connectivity index (χ0n) is 9.55. The van der Waals surface area contributed by atoms with E-state index < -0.39 is 17.5 Å². The van der Waals surface area contributed by atoms with Gasteiger partial charge in [-0.3, -0.25) is 4.79 Å². The Morgan fingerprint density at radius 2 is 2.06 bits per heavy atom.